The summed E-state index contributed by atoms with van der Waals surface area (Å²) >= 11 is 0. The highest BCUT2D eigenvalue weighted by atomic mass is 32.2. The van der Waals surface area contributed by atoms with Gasteiger partial charge in [0.15, 0.2) is 5.72 Å². The van der Waals surface area contributed by atoms with Crippen molar-refractivity contribution in [1.29, 1.82) is 5.26 Å². The zero-order chi connectivity index (χ0) is 28.2. The normalized spacial score (nSPS) is 15.4. The van der Waals surface area contributed by atoms with Gasteiger partial charge in [0.1, 0.15) is 34.6 Å². The van der Waals surface area contributed by atoms with Crippen molar-refractivity contribution >= 4 is 15.9 Å². The standard InChI is InChI=1S/C30H31N5O4S/c1-2-40(36,37)39-30(17-19-34(20-18-30)22-23-9-5-3-6-10-23)35-29(32)27(21-31)28(33-35)24-13-15-26(16-14-24)38-25-11-7-4-8-12-25/h3-16H,2,17-20,22,32H2,1H3. The van der Waals surface area contributed by atoms with E-state index in [1.165, 1.54) is 17.2 Å². The van der Waals surface area contributed by atoms with Crippen LogP contribution in [0.15, 0.2) is 84.9 Å². The number of nitrogens with two attached hydrogens (primary N) is 1. The molecule has 1 aliphatic rings. The van der Waals surface area contributed by atoms with E-state index in [9.17, 15) is 13.7 Å². The van der Waals surface area contributed by atoms with Crippen LogP contribution in [0.4, 0.5) is 5.82 Å². The van der Waals surface area contributed by atoms with Crippen LogP contribution in [0.5, 0.6) is 11.5 Å². The van der Waals surface area contributed by atoms with Gasteiger partial charge in [-0.1, -0.05) is 48.5 Å². The predicted molar refractivity (Wildman–Crippen MR) is 153 cm³/mol. The van der Waals surface area contributed by atoms with E-state index < -0.39 is 15.8 Å². The van der Waals surface area contributed by atoms with Gasteiger partial charge < -0.3 is 10.5 Å². The van der Waals surface area contributed by atoms with Gasteiger partial charge in [-0.05, 0) is 48.9 Å². The molecular formula is C30H31N5O4S. The van der Waals surface area contributed by atoms with Crippen molar-refractivity contribution in [3.63, 3.8) is 0 Å². The van der Waals surface area contributed by atoms with E-state index >= 15 is 0 Å². The van der Waals surface area contributed by atoms with Crippen LogP contribution in [-0.4, -0.2) is 41.9 Å². The SMILES string of the molecule is CCS(=O)(=O)OC1(n2nc(-c3ccc(Oc4ccccc4)cc3)c(C#N)c2N)CCN(Cc2ccccc2)CC1. The van der Waals surface area contributed by atoms with Gasteiger partial charge in [-0.15, -0.1) is 0 Å². The summed E-state index contributed by atoms with van der Waals surface area (Å²) in [6.45, 7) is 3.40. The Kier molecular flexibility index (Phi) is 7.89. The molecule has 1 aliphatic heterocycles. The molecule has 3 aromatic carbocycles. The maximum Gasteiger partial charge on any atom is 0.269 e. The summed E-state index contributed by atoms with van der Waals surface area (Å²) in [5.74, 6) is 1.21. The van der Waals surface area contributed by atoms with Crippen LogP contribution in [0.25, 0.3) is 11.3 Å². The fourth-order valence-electron chi connectivity index (χ4n) is 4.89. The average Bonchev–Trinajstić information content (AvgIpc) is 3.32. The number of piperidine rings is 1. The number of nitrogen functional groups attached to an aromatic ring is 1. The molecule has 2 N–H and O–H groups in total. The molecule has 0 atom stereocenters. The van der Waals surface area contributed by atoms with Gasteiger partial charge in [-0.3, -0.25) is 4.90 Å². The Bertz CT molecular complexity index is 1590. The van der Waals surface area contributed by atoms with Gasteiger partial charge in [0.05, 0.1) is 5.75 Å². The lowest BCUT2D eigenvalue weighted by Crippen LogP contribution is -2.49. The lowest BCUT2D eigenvalue weighted by molar-refractivity contribution is -0.0670. The lowest BCUT2D eigenvalue weighted by atomic mass is 10.00. The molecule has 1 saturated heterocycles. The number of likely N-dealkylation sites (tertiary alicyclic amines) is 1. The molecular weight excluding hydrogens is 526 g/mol. The summed E-state index contributed by atoms with van der Waals surface area (Å²) in [7, 11) is -3.86. The van der Waals surface area contributed by atoms with Gasteiger partial charge in [0.2, 0.25) is 0 Å². The number of anilines is 1. The zero-order valence-corrected chi connectivity index (χ0v) is 23.0. The summed E-state index contributed by atoms with van der Waals surface area (Å²) < 4.78 is 38.6. The van der Waals surface area contributed by atoms with Gasteiger partial charge in [0.25, 0.3) is 10.1 Å². The summed E-state index contributed by atoms with van der Waals surface area (Å²) in [6.07, 6.45) is 0.665. The minimum absolute atomic E-state index is 0.0740. The Balaban J connectivity index is 1.45. The van der Waals surface area contributed by atoms with Crippen LogP contribution in [0.2, 0.25) is 0 Å². The van der Waals surface area contributed by atoms with E-state index in [0.717, 1.165) is 6.54 Å². The summed E-state index contributed by atoms with van der Waals surface area (Å²) in [6, 6.07) is 28.8. The number of nitriles is 1. The van der Waals surface area contributed by atoms with Gasteiger partial charge in [-0.2, -0.15) is 18.8 Å². The molecule has 0 amide bonds. The van der Waals surface area contributed by atoms with Gasteiger partial charge >= 0.3 is 0 Å². The van der Waals surface area contributed by atoms with E-state index in [4.69, 9.17) is 19.8 Å². The Labute approximate surface area is 234 Å². The second-order valence-electron chi connectivity index (χ2n) is 9.71. The molecule has 0 spiro atoms. The second kappa shape index (κ2) is 11.5. The number of ether oxygens (including phenoxy) is 1. The monoisotopic (exact) mass is 557 g/mol. The third kappa shape index (κ3) is 5.87. The third-order valence-corrected chi connectivity index (χ3v) is 8.32. The quantitative estimate of drug-likeness (QED) is 0.282. The molecule has 0 unspecified atom stereocenters. The Morgan fingerprint density at radius 2 is 1.55 bits per heavy atom. The average molecular weight is 558 g/mol. The second-order valence-corrected chi connectivity index (χ2v) is 11.6. The maximum absolute atomic E-state index is 12.8. The van der Waals surface area contributed by atoms with Crippen LogP contribution in [0, 0.1) is 11.3 Å². The smallest absolute Gasteiger partial charge is 0.269 e. The van der Waals surface area contributed by atoms with Crippen LogP contribution < -0.4 is 10.5 Å². The summed E-state index contributed by atoms with van der Waals surface area (Å²) in [5, 5.41) is 14.7. The first-order chi connectivity index (χ1) is 19.3. The highest BCUT2D eigenvalue weighted by molar-refractivity contribution is 7.86. The number of hydrogen-bond acceptors (Lipinski definition) is 8. The minimum Gasteiger partial charge on any atom is -0.457 e. The number of benzene rings is 3. The fraction of sp³-hybridized carbons (Fsp3) is 0.267. The van der Waals surface area contributed by atoms with E-state index in [1.807, 2.05) is 48.5 Å². The first kappa shape index (κ1) is 27.4. The molecule has 0 saturated carbocycles. The first-order valence-electron chi connectivity index (χ1n) is 13.1. The fourth-order valence-corrected chi connectivity index (χ4v) is 5.72. The van der Waals surface area contributed by atoms with Crippen molar-refractivity contribution in [2.45, 2.75) is 32.0 Å². The maximum atomic E-state index is 12.8. The molecule has 1 aromatic heterocycles. The number of nitrogens with zero attached hydrogens (tertiary/aromatic N) is 4. The molecule has 1 fully saturated rings. The lowest BCUT2D eigenvalue weighted by Gasteiger charge is -2.41. The number of para-hydroxylation sites is 1. The Morgan fingerprint density at radius 3 is 2.15 bits per heavy atom. The molecule has 0 bridgehead atoms. The summed E-state index contributed by atoms with van der Waals surface area (Å²) in [4.78, 5) is 2.24. The van der Waals surface area contributed by atoms with Gasteiger partial charge in [-0.25, -0.2) is 8.86 Å². The molecule has 206 valence electrons. The van der Waals surface area contributed by atoms with Crippen molar-refractivity contribution in [2.24, 2.45) is 0 Å². The molecule has 5 rings (SSSR count). The van der Waals surface area contributed by atoms with Crippen molar-refractivity contribution in [3.05, 3.63) is 96.1 Å². The van der Waals surface area contributed by atoms with E-state index in [1.54, 1.807) is 24.3 Å². The molecule has 4 aromatic rings. The minimum atomic E-state index is -3.86. The van der Waals surface area contributed by atoms with E-state index in [2.05, 4.69) is 23.1 Å². The highest BCUT2D eigenvalue weighted by Crippen LogP contribution is 2.39. The van der Waals surface area contributed by atoms with Crippen LogP contribution in [0.1, 0.15) is 30.9 Å². The van der Waals surface area contributed by atoms with Crippen molar-refractivity contribution in [2.75, 3.05) is 24.6 Å². The molecule has 0 aliphatic carbocycles. The first-order valence-corrected chi connectivity index (χ1v) is 14.7. The van der Waals surface area contributed by atoms with Crippen molar-refractivity contribution < 1.29 is 17.3 Å². The molecule has 9 nitrogen and oxygen atoms in total. The van der Waals surface area contributed by atoms with E-state index in [-0.39, 0.29) is 17.1 Å². The molecule has 0 radical (unpaired) electrons. The summed E-state index contributed by atoms with van der Waals surface area (Å²) in [5.41, 5.74) is 7.49. The van der Waals surface area contributed by atoms with Gasteiger partial charge in [0, 0.05) is 38.0 Å². The van der Waals surface area contributed by atoms with Crippen LogP contribution in [0.3, 0.4) is 0 Å². The van der Waals surface area contributed by atoms with Crippen molar-refractivity contribution in [1.82, 2.24) is 14.7 Å². The largest absolute Gasteiger partial charge is 0.457 e. The van der Waals surface area contributed by atoms with E-state index in [0.29, 0.717) is 48.7 Å². The van der Waals surface area contributed by atoms with Crippen LogP contribution in [-0.2, 0) is 26.6 Å². The highest BCUT2D eigenvalue weighted by Gasteiger charge is 2.44. The zero-order valence-electron chi connectivity index (χ0n) is 22.2. The number of hydrogen-bond donors (Lipinski definition) is 1. The topological polar surface area (TPSA) is 123 Å². The predicted octanol–water partition coefficient (Wildman–Crippen LogP) is 5.11. The Hall–Kier alpha value is -4.17. The van der Waals surface area contributed by atoms with Crippen molar-refractivity contribution in [3.8, 4) is 28.8 Å². The third-order valence-electron chi connectivity index (χ3n) is 7.05. The van der Waals surface area contributed by atoms with Crippen LogP contribution >= 0.6 is 0 Å². The molecule has 10 heteroatoms. The number of aromatic nitrogens is 2. The number of rotatable bonds is 9. The molecule has 2 heterocycles. The Morgan fingerprint density at radius 1 is 0.950 bits per heavy atom. The molecule has 40 heavy (non-hydrogen) atoms.